The highest BCUT2D eigenvalue weighted by molar-refractivity contribution is 6.33. The van der Waals surface area contributed by atoms with Crippen molar-refractivity contribution in [3.8, 4) is 0 Å². The van der Waals surface area contributed by atoms with Crippen LogP contribution in [0, 0.1) is 5.92 Å². The number of carbonyl (C=O) groups excluding carboxylic acids is 2. The number of oxazole rings is 1. The molecular formula is C31H28ClN5O6. The molecule has 3 aromatic carbocycles. The van der Waals surface area contributed by atoms with Crippen molar-refractivity contribution in [2.75, 3.05) is 23.7 Å². The molecule has 1 fully saturated rings. The summed E-state index contributed by atoms with van der Waals surface area (Å²) in [6.07, 6.45) is 1.54. The number of aromatic nitrogens is 1. The van der Waals surface area contributed by atoms with E-state index in [1.165, 1.54) is 4.90 Å². The predicted octanol–water partition coefficient (Wildman–Crippen LogP) is 4.84. The van der Waals surface area contributed by atoms with E-state index in [1.54, 1.807) is 55.5 Å². The minimum absolute atomic E-state index is 0.0951. The second-order valence-electron chi connectivity index (χ2n) is 10.5. The number of fused-ring (bicyclic) bond motifs is 1. The topological polar surface area (TPSA) is 146 Å². The second kappa shape index (κ2) is 11.8. The molecule has 0 bridgehead atoms. The van der Waals surface area contributed by atoms with Crippen LogP contribution in [0.3, 0.4) is 0 Å². The molecular weight excluding hydrogens is 574 g/mol. The van der Waals surface area contributed by atoms with Gasteiger partial charge in [-0.1, -0.05) is 41.9 Å². The van der Waals surface area contributed by atoms with Gasteiger partial charge >= 0.3 is 5.97 Å². The number of anilines is 3. The van der Waals surface area contributed by atoms with E-state index < -0.39 is 17.8 Å². The third kappa shape index (κ3) is 6.18. The Hall–Kier alpha value is -4.87. The molecule has 3 unspecified atom stereocenters. The van der Waals surface area contributed by atoms with Gasteiger partial charge in [0.15, 0.2) is 5.58 Å². The summed E-state index contributed by atoms with van der Waals surface area (Å²) in [4.78, 5) is 48.9. The summed E-state index contributed by atoms with van der Waals surface area (Å²) >= 11 is 6.20. The molecule has 0 aliphatic carbocycles. The number of nitrogens with zero attached hydrogens (tertiary/aromatic N) is 2. The zero-order valence-corrected chi connectivity index (χ0v) is 23.8. The SMILES string of the molecule is CC1C=C(C(=O)N2CC(C(=O)O)C(c3ccc(NC(=O)Cc4ccc5nc(Nc6ccccc6Cl)oc5c4)cc3)C2)NO1. The lowest BCUT2D eigenvalue weighted by atomic mass is 9.89. The van der Waals surface area contributed by atoms with E-state index in [2.05, 4.69) is 21.1 Å². The van der Waals surface area contributed by atoms with Gasteiger partial charge in [0.2, 0.25) is 5.91 Å². The first kappa shape index (κ1) is 28.3. The molecule has 4 aromatic rings. The Labute approximate surface area is 251 Å². The van der Waals surface area contributed by atoms with Gasteiger partial charge in [-0.05, 0) is 60.5 Å². The third-order valence-corrected chi connectivity index (χ3v) is 7.80. The summed E-state index contributed by atoms with van der Waals surface area (Å²) < 4.78 is 5.82. The molecule has 3 heterocycles. The number of hydrogen-bond donors (Lipinski definition) is 4. The van der Waals surface area contributed by atoms with Crippen molar-refractivity contribution < 1.29 is 28.7 Å². The number of hydrogen-bond acceptors (Lipinski definition) is 8. The molecule has 3 atom stereocenters. The molecule has 4 N–H and O–H groups in total. The zero-order valence-electron chi connectivity index (χ0n) is 23.0. The number of likely N-dealkylation sites (tertiary alicyclic amines) is 1. The molecule has 0 saturated carbocycles. The van der Waals surface area contributed by atoms with Crippen molar-refractivity contribution in [1.29, 1.82) is 0 Å². The molecule has 1 aromatic heterocycles. The standard InChI is InChI=1S/C31H28ClN5O6/c1-17-12-26(36-43-17)29(39)37-15-21(22(16-37)30(40)41)19-7-9-20(10-8-19)33-28(38)14-18-6-11-25-27(13-18)42-31(35-25)34-24-5-3-2-4-23(24)32/h2-13,17,21-22,36H,14-16H2,1H3,(H,33,38)(H,34,35)(H,40,41). The van der Waals surface area contributed by atoms with Gasteiger partial charge in [-0.3, -0.25) is 24.7 Å². The lowest BCUT2D eigenvalue weighted by Gasteiger charge is -2.17. The normalized spacial score (nSPS) is 19.6. The fourth-order valence-electron chi connectivity index (χ4n) is 5.32. The van der Waals surface area contributed by atoms with Crippen LogP contribution in [0.2, 0.25) is 5.02 Å². The van der Waals surface area contributed by atoms with Crippen molar-refractivity contribution >= 4 is 57.9 Å². The van der Waals surface area contributed by atoms with Gasteiger partial charge in [0.1, 0.15) is 17.3 Å². The Bertz CT molecular complexity index is 1740. The molecule has 12 heteroatoms. The quantitative estimate of drug-likeness (QED) is 0.223. The van der Waals surface area contributed by atoms with Crippen molar-refractivity contribution in [1.82, 2.24) is 15.4 Å². The van der Waals surface area contributed by atoms with Crippen LogP contribution < -0.4 is 16.1 Å². The zero-order chi connectivity index (χ0) is 30.1. The molecule has 43 heavy (non-hydrogen) atoms. The minimum atomic E-state index is -0.967. The number of benzene rings is 3. The third-order valence-electron chi connectivity index (χ3n) is 7.47. The highest BCUT2D eigenvalue weighted by Gasteiger charge is 2.41. The van der Waals surface area contributed by atoms with E-state index in [0.717, 1.165) is 11.1 Å². The first-order chi connectivity index (χ1) is 20.7. The van der Waals surface area contributed by atoms with Gasteiger partial charge in [0.05, 0.1) is 23.0 Å². The van der Waals surface area contributed by atoms with Gasteiger partial charge in [-0.2, -0.15) is 4.98 Å². The lowest BCUT2D eigenvalue weighted by molar-refractivity contribution is -0.141. The predicted molar refractivity (Wildman–Crippen MR) is 160 cm³/mol. The molecule has 220 valence electrons. The Morgan fingerprint density at radius 1 is 1.09 bits per heavy atom. The van der Waals surface area contributed by atoms with E-state index in [4.69, 9.17) is 20.9 Å². The summed E-state index contributed by atoms with van der Waals surface area (Å²) in [6.45, 7) is 2.15. The molecule has 2 amide bonds. The van der Waals surface area contributed by atoms with E-state index in [0.29, 0.717) is 39.2 Å². The van der Waals surface area contributed by atoms with Crippen molar-refractivity contribution in [3.63, 3.8) is 0 Å². The number of carbonyl (C=O) groups is 3. The molecule has 2 aliphatic rings. The fourth-order valence-corrected chi connectivity index (χ4v) is 5.50. The molecule has 2 aliphatic heterocycles. The number of halogens is 1. The summed E-state index contributed by atoms with van der Waals surface area (Å²) in [7, 11) is 0. The second-order valence-corrected chi connectivity index (χ2v) is 10.9. The average molecular weight is 602 g/mol. The number of carboxylic acids is 1. The number of nitrogens with one attached hydrogen (secondary N) is 3. The van der Waals surface area contributed by atoms with Crippen molar-refractivity contribution in [2.24, 2.45) is 5.92 Å². The van der Waals surface area contributed by atoms with Gasteiger partial charge in [-0.15, -0.1) is 0 Å². The summed E-state index contributed by atoms with van der Waals surface area (Å²) in [5.74, 6) is -2.63. The minimum Gasteiger partial charge on any atom is -0.481 e. The van der Waals surface area contributed by atoms with E-state index in [1.807, 2.05) is 24.3 Å². The first-order valence-corrected chi connectivity index (χ1v) is 14.1. The molecule has 6 rings (SSSR count). The molecule has 1 saturated heterocycles. The Morgan fingerprint density at radius 3 is 2.60 bits per heavy atom. The maximum absolute atomic E-state index is 12.9. The van der Waals surface area contributed by atoms with Crippen LogP contribution in [0.1, 0.15) is 24.0 Å². The van der Waals surface area contributed by atoms with Crippen LogP contribution in [0.5, 0.6) is 0 Å². The monoisotopic (exact) mass is 601 g/mol. The number of para-hydroxylation sites is 1. The summed E-state index contributed by atoms with van der Waals surface area (Å²) in [5.41, 5.74) is 6.85. The molecule has 11 nitrogen and oxygen atoms in total. The van der Waals surface area contributed by atoms with Crippen LogP contribution >= 0.6 is 11.6 Å². The van der Waals surface area contributed by atoms with E-state index in [9.17, 15) is 19.5 Å². The smallest absolute Gasteiger partial charge is 0.308 e. The first-order valence-electron chi connectivity index (χ1n) is 13.7. The maximum atomic E-state index is 12.9. The Balaban J connectivity index is 1.08. The highest BCUT2D eigenvalue weighted by atomic mass is 35.5. The molecule has 0 radical (unpaired) electrons. The van der Waals surface area contributed by atoms with Gasteiger partial charge < -0.3 is 25.1 Å². The van der Waals surface area contributed by atoms with Crippen LogP contribution in [-0.2, 0) is 25.6 Å². The van der Waals surface area contributed by atoms with Crippen LogP contribution in [0.25, 0.3) is 11.1 Å². The summed E-state index contributed by atoms with van der Waals surface area (Å²) in [5, 5.41) is 16.3. The Kier molecular flexibility index (Phi) is 7.75. The van der Waals surface area contributed by atoms with Gasteiger partial charge in [0.25, 0.3) is 11.9 Å². The number of aliphatic carboxylic acids is 1. The average Bonchev–Trinajstić information content (AvgIpc) is 3.72. The van der Waals surface area contributed by atoms with E-state index in [-0.39, 0.29) is 37.4 Å². The lowest BCUT2D eigenvalue weighted by Crippen LogP contribution is -2.34. The highest BCUT2D eigenvalue weighted by Crippen LogP contribution is 2.34. The van der Waals surface area contributed by atoms with Crippen molar-refractivity contribution in [2.45, 2.75) is 25.4 Å². The molecule has 0 spiro atoms. The van der Waals surface area contributed by atoms with E-state index >= 15 is 0 Å². The van der Waals surface area contributed by atoms with Crippen LogP contribution in [0.15, 0.2) is 82.9 Å². The van der Waals surface area contributed by atoms with Crippen LogP contribution in [0.4, 0.5) is 17.4 Å². The van der Waals surface area contributed by atoms with Gasteiger partial charge in [-0.25, -0.2) is 0 Å². The van der Waals surface area contributed by atoms with Crippen molar-refractivity contribution in [3.05, 3.63) is 94.7 Å². The largest absolute Gasteiger partial charge is 0.481 e. The number of hydroxylamine groups is 1. The maximum Gasteiger partial charge on any atom is 0.308 e. The number of rotatable bonds is 8. The number of amides is 2. The number of carboxylic acid groups (broad SMARTS) is 1. The van der Waals surface area contributed by atoms with Crippen LogP contribution in [-0.4, -0.2) is 52.0 Å². The fraction of sp³-hybridized carbons (Fsp3) is 0.226. The van der Waals surface area contributed by atoms with Gasteiger partial charge in [0, 0.05) is 24.7 Å². The Morgan fingerprint density at radius 2 is 1.88 bits per heavy atom. The summed E-state index contributed by atoms with van der Waals surface area (Å²) in [6, 6.07) is 20.0.